The van der Waals surface area contributed by atoms with Gasteiger partial charge in [0.05, 0.1) is 34.6 Å². The van der Waals surface area contributed by atoms with Gasteiger partial charge in [-0.15, -0.1) is 0 Å². The molecule has 0 radical (unpaired) electrons. The van der Waals surface area contributed by atoms with E-state index >= 15 is 0 Å². The summed E-state index contributed by atoms with van der Waals surface area (Å²) in [6, 6.07) is 5.64. The Morgan fingerprint density at radius 1 is 1.15 bits per heavy atom. The third-order valence-corrected chi connectivity index (χ3v) is 5.77. The number of alkyl halides is 3. The monoisotopic (exact) mass is 491 g/mol. The van der Waals surface area contributed by atoms with Gasteiger partial charge in [-0.25, -0.2) is 4.39 Å². The SMILES string of the molecule is CC1CN(c2ccc(C(F)(F)F)c(Cl)c2)C(=O)c2c(-c3cc(-c4cncc(F)c4)on3)cnn21. The van der Waals surface area contributed by atoms with E-state index < -0.39 is 28.5 Å². The fourth-order valence-corrected chi connectivity index (χ4v) is 4.14. The number of rotatable bonds is 3. The fourth-order valence-electron chi connectivity index (χ4n) is 3.86. The Balaban J connectivity index is 1.52. The first kappa shape index (κ1) is 22.1. The molecule has 1 atom stereocenters. The molecular formula is C22H14ClF4N5O2. The normalized spacial score (nSPS) is 16.1. The van der Waals surface area contributed by atoms with Crippen LogP contribution in [0.2, 0.25) is 5.02 Å². The highest BCUT2D eigenvalue weighted by molar-refractivity contribution is 6.31. The summed E-state index contributed by atoms with van der Waals surface area (Å²) in [7, 11) is 0. The molecule has 3 aromatic heterocycles. The van der Waals surface area contributed by atoms with Gasteiger partial charge in [-0.2, -0.15) is 18.3 Å². The molecule has 4 aromatic rings. The van der Waals surface area contributed by atoms with Crippen molar-refractivity contribution in [1.82, 2.24) is 19.9 Å². The number of hydrogen-bond acceptors (Lipinski definition) is 5. The Bertz CT molecular complexity index is 1410. The number of pyridine rings is 1. The summed E-state index contributed by atoms with van der Waals surface area (Å²) in [5, 5.41) is 7.78. The molecule has 1 aliphatic heterocycles. The van der Waals surface area contributed by atoms with E-state index in [0.29, 0.717) is 11.1 Å². The molecule has 4 heterocycles. The van der Waals surface area contributed by atoms with Gasteiger partial charge in [-0.3, -0.25) is 14.5 Å². The van der Waals surface area contributed by atoms with Crippen molar-refractivity contribution >= 4 is 23.2 Å². The average Bonchev–Trinajstić information content (AvgIpc) is 3.43. The standard InChI is InChI=1S/C22H14ClF4N5O2/c1-11-10-31(14-2-3-16(17(23)5-14)22(25,26)27)21(33)20-15(9-29-32(11)20)18-6-19(34-30-18)12-4-13(24)8-28-7-12/h2-9,11H,10H2,1H3. The molecule has 0 N–H and O–H groups in total. The van der Waals surface area contributed by atoms with E-state index in [4.69, 9.17) is 16.1 Å². The van der Waals surface area contributed by atoms with E-state index in [1.165, 1.54) is 40.2 Å². The summed E-state index contributed by atoms with van der Waals surface area (Å²) in [5.41, 5.74) is 0.433. The number of fused-ring (bicyclic) bond motifs is 1. The minimum atomic E-state index is -4.61. The lowest BCUT2D eigenvalue weighted by atomic mass is 10.1. The first-order valence-electron chi connectivity index (χ1n) is 9.97. The molecule has 7 nitrogen and oxygen atoms in total. The van der Waals surface area contributed by atoms with Crippen molar-refractivity contribution in [2.45, 2.75) is 19.1 Å². The number of carbonyl (C=O) groups is 1. The van der Waals surface area contributed by atoms with Crippen LogP contribution in [-0.2, 0) is 6.18 Å². The van der Waals surface area contributed by atoms with Crippen LogP contribution < -0.4 is 4.90 Å². The maximum absolute atomic E-state index is 13.5. The first-order valence-corrected chi connectivity index (χ1v) is 10.4. The zero-order chi connectivity index (χ0) is 24.2. The molecule has 174 valence electrons. The maximum atomic E-state index is 13.5. The maximum Gasteiger partial charge on any atom is 0.417 e. The minimum Gasteiger partial charge on any atom is -0.356 e. The quantitative estimate of drug-likeness (QED) is 0.347. The van der Waals surface area contributed by atoms with E-state index in [1.807, 2.05) is 6.92 Å². The molecule has 0 aliphatic carbocycles. The largest absolute Gasteiger partial charge is 0.417 e. The van der Waals surface area contributed by atoms with Gasteiger partial charge in [0.15, 0.2) is 5.76 Å². The van der Waals surface area contributed by atoms with Gasteiger partial charge >= 0.3 is 6.18 Å². The summed E-state index contributed by atoms with van der Waals surface area (Å²) >= 11 is 5.87. The van der Waals surface area contributed by atoms with Crippen LogP contribution in [0.1, 0.15) is 29.0 Å². The Kier molecular flexibility index (Phi) is 5.16. The lowest BCUT2D eigenvalue weighted by molar-refractivity contribution is -0.137. The van der Waals surface area contributed by atoms with Crippen molar-refractivity contribution in [2.24, 2.45) is 0 Å². The van der Waals surface area contributed by atoms with Gasteiger partial charge in [-0.05, 0) is 31.2 Å². The number of nitrogens with zero attached hydrogens (tertiary/aromatic N) is 5. The number of hydrogen-bond donors (Lipinski definition) is 0. The predicted molar refractivity (Wildman–Crippen MR) is 114 cm³/mol. The van der Waals surface area contributed by atoms with E-state index in [2.05, 4.69) is 15.2 Å². The van der Waals surface area contributed by atoms with E-state index in [0.717, 1.165) is 18.3 Å². The topological polar surface area (TPSA) is 77.1 Å². The van der Waals surface area contributed by atoms with Gasteiger partial charge in [0, 0.05) is 30.1 Å². The van der Waals surface area contributed by atoms with Crippen LogP contribution in [0.3, 0.4) is 0 Å². The molecule has 1 aliphatic rings. The predicted octanol–water partition coefficient (Wildman–Crippen LogP) is 5.63. The molecule has 1 aromatic carbocycles. The molecule has 12 heteroatoms. The fraction of sp³-hybridized carbons (Fsp3) is 0.182. The zero-order valence-corrected chi connectivity index (χ0v) is 18.1. The van der Waals surface area contributed by atoms with Crippen molar-refractivity contribution in [3.05, 3.63) is 71.0 Å². The van der Waals surface area contributed by atoms with Gasteiger partial charge in [-0.1, -0.05) is 16.8 Å². The van der Waals surface area contributed by atoms with Crippen LogP contribution in [0.25, 0.3) is 22.6 Å². The van der Waals surface area contributed by atoms with Crippen molar-refractivity contribution in [2.75, 3.05) is 11.4 Å². The summed E-state index contributed by atoms with van der Waals surface area (Å²) in [5.74, 6) is -0.795. The number of anilines is 1. The third-order valence-electron chi connectivity index (χ3n) is 5.45. The van der Waals surface area contributed by atoms with Crippen molar-refractivity contribution in [3.63, 3.8) is 0 Å². The molecule has 5 rings (SSSR count). The second kappa shape index (κ2) is 7.94. The second-order valence-corrected chi connectivity index (χ2v) is 8.15. The summed E-state index contributed by atoms with van der Waals surface area (Å²) in [6.45, 7) is 1.99. The third kappa shape index (κ3) is 3.71. The number of aromatic nitrogens is 4. The van der Waals surface area contributed by atoms with Crippen LogP contribution in [0.5, 0.6) is 0 Å². The number of benzene rings is 1. The highest BCUT2D eigenvalue weighted by atomic mass is 35.5. The molecule has 1 amide bonds. The second-order valence-electron chi connectivity index (χ2n) is 7.75. The molecule has 0 saturated heterocycles. The number of carbonyl (C=O) groups excluding carboxylic acids is 1. The Labute approximate surface area is 194 Å². The summed E-state index contributed by atoms with van der Waals surface area (Å²) in [4.78, 5) is 18.5. The lowest BCUT2D eigenvalue weighted by Crippen LogP contribution is -2.42. The number of amides is 1. The molecule has 0 bridgehead atoms. The molecule has 1 unspecified atom stereocenters. The van der Waals surface area contributed by atoms with Crippen LogP contribution in [0.15, 0.2) is 53.4 Å². The van der Waals surface area contributed by atoms with Gasteiger partial charge in [0.25, 0.3) is 5.91 Å². The van der Waals surface area contributed by atoms with Gasteiger partial charge in [0.1, 0.15) is 17.2 Å². The summed E-state index contributed by atoms with van der Waals surface area (Å²) < 4.78 is 59.6. The van der Waals surface area contributed by atoms with Crippen LogP contribution in [-0.4, -0.2) is 32.4 Å². The molecule has 0 spiro atoms. The zero-order valence-electron chi connectivity index (χ0n) is 17.3. The molecule has 34 heavy (non-hydrogen) atoms. The summed E-state index contributed by atoms with van der Waals surface area (Å²) in [6.07, 6.45) is -0.692. The Morgan fingerprint density at radius 3 is 2.65 bits per heavy atom. The van der Waals surface area contributed by atoms with Gasteiger partial charge < -0.3 is 9.42 Å². The minimum absolute atomic E-state index is 0.174. The van der Waals surface area contributed by atoms with Gasteiger partial charge in [0.2, 0.25) is 0 Å². The van der Waals surface area contributed by atoms with Crippen molar-refractivity contribution in [3.8, 4) is 22.6 Å². The van der Waals surface area contributed by atoms with Crippen molar-refractivity contribution in [1.29, 1.82) is 0 Å². The highest BCUT2D eigenvalue weighted by Gasteiger charge is 2.37. The Hall–Kier alpha value is -3.73. The number of halogens is 5. The van der Waals surface area contributed by atoms with Crippen LogP contribution >= 0.6 is 11.6 Å². The highest BCUT2D eigenvalue weighted by Crippen LogP contribution is 2.39. The van der Waals surface area contributed by atoms with Crippen LogP contribution in [0.4, 0.5) is 23.2 Å². The average molecular weight is 492 g/mol. The van der Waals surface area contributed by atoms with Crippen molar-refractivity contribution < 1.29 is 26.9 Å². The molecule has 0 saturated carbocycles. The van der Waals surface area contributed by atoms with E-state index in [9.17, 15) is 22.4 Å². The van der Waals surface area contributed by atoms with E-state index in [1.54, 1.807) is 0 Å². The smallest absolute Gasteiger partial charge is 0.356 e. The molecule has 0 fully saturated rings. The molecular weight excluding hydrogens is 478 g/mol. The van der Waals surface area contributed by atoms with Crippen LogP contribution in [0, 0.1) is 5.82 Å². The van der Waals surface area contributed by atoms with E-state index in [-0.39, 0.29) is 35.4 Å². The lowest BCUT2D eigenvalue weighted by Gasteiger charge is -2.32. The first-order chi connectivity index (χ1) is 16.1. The Morgan fingerprint density at radius 2 is 1.94 bits per heavy atom.